The number of alkyl halides is 3. The first kappa shape index (κ1) is 15.9. The van der Waals surface area contributed by atoms with Crippen molar-refractivity contribution in [3.05, 3.63) is 10.6 Å². The maximum absolute atomic E-state index is 12.5. The average Bonchev–Trinajstić information content (AvgIpc) is 2.70. The van der Waals surface area contributed by atoms with Crippen molar-refractivity contribution in [3.8, 4) is 0 Å². The summed E-state index contributed by atoms with van der Waals surface area (Å²) in [6, 6.07) is 0. The highest BCUT2D eigenvalue weighted by Crippen LogP contribution is 2.29. The second kappa shape index (κ2) is 6.88. The molecule has 1 rings (SSSR count). The molecule has 19 heavy (non-hydrogen) atoms. The Bertz CT molecular complexity index is 418. The van der Waals surface area contributed by atoms with Gasteiger partial charge in [-0.3, -0.25) is 4.79 Å². The van der Waals surface area contributed by atoms with Gasteiger partial charge in [-0.05, 0) is 12.8 Å². The van der Waals surface area contributed by atoms with Gasteiger partial charge in [-0.2, -0.15) is 13.2 Å². The zero-order valence-corrected chi connectivity index (χ0v) is 11.8. The number of aldehydes is 1. The lowest BCUT2D eigenvalue weighted by Crippen LogP contribution is -2.34. The van der Waals surface area contributed by atoms with Gasteiger partial charge in [0.2, 0.25) is 0 Å². The van der Waals surface area contributed by atoms with Crippen molar-refractivity contribution in [1.82, 2.24) is 4.98 Å². The SMILES string of the molecule is CCCc1nc(N(CCC)CC(F)(F)F)sc1C=O. The second-order valence-corrected chi connectivity index (χ2v) is 5.22. The molecule has 3 nitrogen and oxygen atoms in total. The highest BCUT2D eigenvalue weighted by molar-refractivity contribution is 7.17. The standard InChI is InChI=1S/C12H17F3N2OS/c1-3-5-9-10(7-18)19-11(16-9)17(6-4-2)8-12(13,14)15/h7H,3-6,8H2,1-2H3. The van der Waals surface area contributed by atoms with Crippen molar-refractivity contribution >= 4 is 22.8 Å². The number of carbonyl (C=O) groups excluding carboxylic acids is 1. The summed E-state index contributed by atoms with van der Waals surface area (Å²) in [6.07, 6.45) is -1.60. The molecule has 0 unspecified atom stereocenters. The highest BCUT2D eigenvalue weighted by atomic mass is 32.1. The number of halogens is 3. The minimum absolute atomic E-state index is 0.275. The van der Waals surface area contributed by atoms with Crippen molar-refractivity contribution in [2.45, 2.75) is 39.3 Å². The Labute approximate surface area is 114 Å². The molecule has 0 atom stereocenters. The van der Waals surface area contributed by atoms with Crippen LogP contribution in [0.1, 0.15) is 42.1 Å². The Morgan fingerprint density at radius 3 is 2.47 bits per heavy atom. The van der Waals surface area contributed by atoms with E-state index in [0.717, 1.165) is 17.8 Å². The molecule has 1 aromatic heterocycles. The smallest absolute Gasteiger partial charge is 0.339 e. The van der Waals surface area contributed by atoms with Gasteiger partial charge < -0.3 is 4.90 Å². The molecule has 0 aliphatic rings. The number of anilines is 1. The Kier molecular flexibility index (Phi) is 5.78. The summed E-state index contributed by atoms with van der Waals surface area (Å²) in [5, 5.41) is 0.282. The van der Waals surface area contributed by atoms with Crippen LogP contribution in [0.2, 0.25) is 0 Å². The Morgan fingerprint density at radius 1 is 1.32 bits per heavy atom. The third-order valence-corrected chi connectivity index (χ3v) is 3.53. The minimum Gasteiger partial charge on any atom is -0.339 e. The van der Waals surface area contributed by atoms with Crippen LogP contribution in [0.3, 0.4) is 0 Å². The Hall–Kier alpha value is -1.11. The number of aryl methyl sites for hydroxylation is 1. The van der Waals surface area contributed by atoms with E-state index in [1.54, 1.807) is 0 Å². The summed E-state index contributed by atoms with van der Waals surface area (Å²) in [4.78, 5) is 16.7. The van der Waals surface area contributed by atoms with E-state index in [1.807, 2.05) is 13.8 Å². The van der Waals surface area contributed by atoms with E-state index in [1.165, 1.54) is 4.90 Å². The Morgan fingerprint density at radius 2 is 2.00 bits per heavy atom. The number of aromatic nitrogens is 1. The van der Waals surface area contributed by atoms with Crippen molar-refractivity contribution < 1.29 is 18.0 Å². The van der Waals surface area contributed by atoms with Gasteiger partial charge in [-0.25, -0.2) is 4.98 Å². The lowest BCUT2D eigenvalue weighted by molar-refractivity contribution is -0.119. The summed E-state index contributed by atoms with van der Waals surface area (Å²) in [6.45, 7) is 2.99. The predicted octanol–water partition coefficient (Wildman–Crippen LogP) is 3.69. The predicted molar refractivity (Wildman–Crippen MR) is 70.1 cm³/mol. The number of thiazole rings is 1. The fraction of sp³-hybridized carbons (Fsp3) is 0.667. The third kappa shape index (κ3) is 4.81. The van der Waals surface area contributed by atoms with Crippen molar-refractivity contribution in [2.75, 3.05) is 18.0 Å². The fourth-order valence-corrected chi connectivity index (χ4v) is 2.67. The molecule has 1 aromatic rings. The van der Waals surface area contributed by atoms with Gasteiger partial charge in [0, 0.05) is 6.54 Å². The molecule has 0 spiro atoms. The Balaban J connectivity index is 2.98. The van der Waals surface area contributed by atoms with Crippen molar-refractivity contribution in [2.24, 2.45) is 0 Å². The third-order valence-electron chi connectivity index (χ3n) is 2.44. The molecule has 0 saturated carbocycles. The number of carbonyl (C=O) groups is 1. The summed E-state index contributed by atoms with van der Waals surface area (Å²) >= 11 is 1.03. The maximum atomic E-state index is 12.5. The molecule has 0 aliphatic carbocycles. The fourth-order valence-electron chi connectivity index (χ4n) is 1.72. The van der Waals surface area contributed by atoms with Gasteiger partial charge in [0.15, 0.2) is 11.4 Å². The average molecular weight is 294 g/mol. The van der Waals surface area contributed by atoms with E-state index in [9.17, 15) is 18.0 Å². The lowest BCUT2D eigenvalue weighted by Gasteiger charge is -2.22. The molecule has 7 heteroatoms. The summed E-state index contributed by atoms with van der Waals surface area (Å²) in [5.74, 6) is 0. The summed E-state index contributed by atoms with van der Waals surface area (Å²) in [7, 11) is 0. The topological polar surface area (TPSA) is 33.2 Å². The normalized spacial score (nSPS) is 11.6. The van der Waals surface area contributed by atoms with E-state index in [2.05, 4.69) is 4.98 Å². The molecule has 0 saturated heterocycles. The van der Waals surface area contributed by atoms with E-state index in [0.29, 0.717) is 29.7 Å². The van der Waals surface area contributed by atoms with Gasteiger partial charge in [0.05, 0.1) is 10.6 Å². The molecular formula is C12H17F3N2OS. The number of hydrogen-bond acceptors (Lipinski definition) is 4. The lowest BCUT2D eigenvalue weighted by atomic mass is 10.2. The van der Waals surface area contributed by atoms with Gasteiger partial charge in [0.25, 0.3) is 0 Å². The van der Waals surface area contributed by atoms with Crippen LogP contribution in [0.25, 0.3) is 0 Å². The monoisotopic (exact) mass is 294 g/mol. The first-order valence-corrected chi connectivity index (χ1v) is 6.99. The van der Waals surface area contributed by atoms with Crippen LogP contribution in [0.15, 0.2) is 0 Å². The van der Waals surface area contributed by atoms with E-state index >= 15 is 0 Å². The number of hydrogen-bond donors (Lipinski definition) is 0. The quantitative estimate of drug-likeness (QED) is 0.719. The number of rotatable bonds is 7. The van der Waals surface area contributed by atoms with Crippen LogP contribution in [-0.4, -0.2) is 30.5 Å². The number of nitrogens with zero attached hydrogens (tertiary/aromatic N) is 2. The molecular weight excluding hydrogens is 277 g/mol. The maximum Gasteiger partial charge on any atom is 0.406 e. The van der Waals surface area contributed by atoms with Crippen LogP contribution in [0.4, 0.5) is 18.3 Å². The largest absolute Gasteiger partial charge is 0.406 e. The zero-order valence-electron chi connectivity index (χ0n) is 11.0. The van der Waals surface area contributed by atoms with Crippen LogP contribution < -0.4 is 4.90 Å². The van der Waals surface area contributed by atoms with E-state index in [4.69, 9.17) is 0 Å². The van der Waals surface area contributed by atoms with Crippen molar-refractivity contribution in [3.63, 3.8) is 0 Å². The van der Waals surface area contributed by atoms with Gasteiger partial charge in [-0.1, -0.05) is 31.6 Å². The van der Waals surface area contributed by atoms with Gasteiger partial charge in [0.1, 0.15) is 6.54 Å². The molecule has 0 aromatic carbocycles. The summed E-state index contributed by atoms with van der Waals surface area (Å²) in [5.41, 5.74) is 0.598. The van der Waals surface area contributed by atoms with E-state index in [-0.39, 0.29) is 11.7 Å². The van der Waals surface area contributed by atoms with Crippen LogP contribution in [-0.2, 0) is 6.42 Å². The first-order valence-electron chi connectivity index (χ1n) is 6.17. The minimum atomic E-state index is -4.27. The highest BCUT2D eigenvalue weighted by Gasteiger charge is 2.32. The molecule has 0 fully saturated rings. The molecule has 1 heterocycles. The van der Waals surface area contributed by atoms with Gasteiger partial charge >= 0.3 is 6.18 Å². The van der Waals surface area contributed by atoms with Crippen LogP contribution >= 0.6 is 11.3 Å². The molecule has 0 amide bonds. The van der Waals surface area contributed by atoms with Crippen LogP contribution in [0, 0.1) is 0 Å². The molecule has 108 valence electrons. The first-order chi connectivity index (χ1) is 8.91. The van der Waals surface area contributed by atoms with Crippen LogP contribution in [0.5, 0.6) is 0 Å². The van der Waals surface area contributed by atoms with Gasteiger partial charge in [-0.15, -0.1) is 0 Å². The second-order valence-electron chi connectivity index (χ2n) is 4.21. The molecule has 0 radical (unpaired) electrons. The van der Waals surface area contributed by atoms with Crippen molar-refractivity contribution in [1.29, 1.82) is 0 Å². The molecule has 0 N–H and O–H groups in total. The molecule has 0 bridgehead atoms. The summed E-state index contributed by atoms with van der Waals surface area (Å²) < 4.78 is 37.6. The van der Waals surface area contributed by atoms with E-state index < -0.39 is 12.7 Å². The zero-order chi connectivity index (χ0) is 14.5. The molecule has 0 aliphatic heterocycles.